The van der Waals surface area contributed by atoms with Crippen LogP contribution in [0.1, 0.15) is 76.7 Å². The van der Waals surface area contributed by atoms with E-state index in [1.807, 2.05) is 30.5 Å². The number of amides is 1. The van der Waals surface area contributed by atoms with Crippen LogP contribution >= 0.6 is 0 Å². The van der Waals surface area contributed by atoms with Crippen molar-refractivity contribution in [3.8, 4) is 0 Å². The zero-order valence-corrected chi connectivity index (χ0v) is 17.0. The zero-order chi connectivity index (χ0) is 20.2. The van der Waals surface area contributed by atoms with Crippen molar-refractivity contribution in [1.82, 2.24) is 10.3 Å². The van der Waals surface area contributed by atoms with Gasteiger partial charge in [-0.15, -0.1) is 0 Å². The predicted molar refractivity (Wildman–Crippen MR) is 121 cm³/mol. The average molecular weight is 411 g/mol. The molecule has 29 heavy (non-hydrogen) atoms. The van der Waals surface area contributed by atoms with Gasteiger partial charge in [-0.05, 0) is 18.1 Å². The number of rotatable bonds is 14. The number of carboxylic acids is 1. The molecule has 1 heterocycles. The Morgan fingerprint density at radius 3 is 2.28 bits per heavy atom. The first-order chi connectivity index (χ1) is 13.6. The number of unbranched alkanes of at least 4 members (excludes halogenated alkanes) is 8. The van der Waals surface area contributed by atoms with E-state index >= 15 is 0 Å². The van der Waals surface area contributed by atoms with Gasteiger partial charge in [0, 0.05) is 29.9 Å². The molecule has 2 aromatic rings. The van der Waals surface area contributed by atoms with Crippen LogP contribution in [0.3, 0.4) is 0 Å². The van der Waals surface area contributed by atoms with Crippen LogP contribution in [0.5, 0.6) is 0 Å². The van der Waals surface area contributed by atoms with Gasteiger partial charge in [0.25, 0.3) is 0 Å². The Labute approximate surface area is 196 Å². The molecule has 1 unspecified atom stereocenters. The fraction of sp³-hybridized carbons (Fsp3) is 0.565. The molecule has 6 heteroatoms. The molecule has 0 aliphatic heterocycles. The van der Waals surface area contributed by atoms with Crippen LogP contribution in [-0.2, 0) is 16.0 Å². The number of carbonyl (C=O) groups excluding carboxylic acids is 1. The van der Waals surface area contributed by atoms with Crippen LogP contribution in [0.4, 0.5) is 0 Å². The summed E-state index contributed by atoms with van der Waals surface area (Å²) in [5, 5.41) is 13.2. The van der Waals surface area contributed by atoms with E-state index in [1.54, 1.807) is 0 Å². The van der Waals surface area contributed by atoms with Crippen molar-refractivity contribution >= 4 is 52.3 Å². The van der Waals surface area contributed by atoms with E-state index in [4.69, 9.17) is 0 Å². The molecule has 2 rings (SSSR count). The third kappa shape index (κ3) is 9.37. The van der Waals surface area contributed by atoms with Gasteiger partial charge in [0.2, 0.25) is 5.91 Å². The molecule has 0 saturated heterocycles. The molecule has 0 spiro atoms. The average Bonchev–Trinajstić information content (AvgIpc) is 3.09. The van der Waals surface area contributed by atoms with E-state index in [0.29, 0.717) is 6.42 Å². The summed E-state index contributed by atoms with van der Waals surface area (Å²) in [6.07, 6.45) is 13.2. The van der Waals surface area contributed by atoms with Gasteiger partial charge in [-0.3, -0.25) is 4.79 Å². The van der Waals surface area contributed by atoms with Crippen molar-refractivity contribution in [3.63, 3.8) is 0 Å². The summed E-state index contributed by atoms with van der Waals surface area (Å²) < 4.78 is 0. The van der Waals surface area contributed by atoms with Gasteiger partial charge in [0.1, 0.15) is 6.04 Å². The Morgan fingerprint density at radius 1 is 1.00 bits per heavy atom. The molecule has 1 amide bonds. The third-order valence-corrected chi connectivity index (χ3v) is 5.24. The van der Waals surface area contributed by atoms with Crippen LogP contribution in [0.25, 0.3) is 10.9 Å². The Kier molecular flexibility index (Phi) is 13.0. The summed E-state index contributed by atoms with van der Waals surface area (Å²) >= 11 is 0. The van der Waals surface area contributed by atoms with Gasteiger partial charge < -0.3 is 15.4 Å². The Balaban J connectivity index is 0.00000420. The van der Waals surface area contributed by atoms with Gasteiger partial charge in [-0.25, -0.2) is 4.79 Å². The number of nitrogens with one attached hydrogen (secondary N) is 2. The number of hydrogen-bond donors (Lipinski definition) is 3. The number of aromatic nitrogens is 1. The van der Waals surface area contributed by atoms with Gasteiger partial charge in [0.15, 0.2) is 0 Å². The maximum absolute atomic E-state index is 12.2. The SMILES string of the molecule is CCCCCCCCCCCC(=O)NC(Cc1c[nH]c2ccccc12)C(=O)O.[NaH]. The molecule has 1 aromatic carbocycles. The van der Waals surface area contributed by atoms with Crippen molar-refractivity contribution in [1.29, 1.82) is 0 Å². The number of aromatic amines is 1. The molecular formula is C23H35N2NaO3. The quantitative estimate of drug-likeness (QED) is 0.316. The normalized spacial score (nSPS) is 11.8. The van der Waals surface area contributed by atoms with Crippen molar-refractivity contribution in [3.05, 3.63) is 36.0 Å². The summed E-state index contributed by atoms with van der Waals surface area (Å²) in [4.78, 5) is 26.9. The number of H-pyrrole nitrogens is 1. The van der Waals surface area contributed by atoms with E-state index in [2.05, 4.69) is 17.2 Å². The van der Waals surface area contributed by atoms with Gasteiger partial charge in [-0.2, -0.15) is 0 Å². The molecule has 1 aromatic heterocycles. The van der Waals surface area contributed by atoms with Crippen molar-refractivity contribution < 1.29 is 14.7 Å². The van der Waals surface area contributed by atoms with E-state index in [9.17, 15) is 14.7 Å². The number of aliphatic carboxylic acids is 1. The molecule has 0 aliphatic rings. The first kappa shape index (κ1) is 25.7. The molecule has 0 saturated carbocycles. The molecule has 0 radical (unpaired) electrons. The fourth-order valence-corrected chi connectivity index (χ4v) is 3.58. The van der Waals surface area contributed by atoms with Crippen molar-refractivity contribution in [2.75, 3.05) is 0 Å². The Morgan fingerprint density at radius 2 is 1.62 bits per heavy atom. The number of carboxylic acid groups (broad SMARTS) is 1. The van der Waals surface area contributed by atoms with Gasteiger partial charge in [-0.1, -0.05) is 76.5 Å². The second-order valence-electron chi connectivity index (χ2n) is 7.60. The van der Waals surface area contributed by atoms with E-state index < -0.39 is 12.0 Å². The molecule has 1 atom stereocenters. The summed E-state index contributed by atoms with van der Waals surface area (Å²) in [5.74, 6) is -1.17. The van der Waals surface area contributed by atoms with Crippen LogP contribution in [0.15, 0.2) is 30.5 Å². The number of hydrogen-bond acceptors (Lipinski definition) is 2. The van der Waals surface area contributed by atoms with E-state index in [0.717, 1.165) is 35.7 Å². The van der Waals surface area contributed by atoms with Crippen LogP contribution in [0, 0.1) is 0 Å². The number of para-hydroxylation sites is 1. The molecule has 0 fully saturated rings. The first-order valence-corrected chi connectivity index (χ1v) is 10.7. The summed E-state index contributed by atoms with van der Waals surface area (Å²) in [7, 11) is 0. The minimum atomic E-state index is -0.995. The van der Waals surface area contributed by atoms with Crippen molar-refractivity contribution in [2.45, 2.75) is 83.6 Å². The second-order valence-corrected chi connectivity index (χ2v) is 7.60. The molecule has 156 valence electrons. The predicted octanol–water partition coefficient (Wildman–Crippen LogP) is 4.55. The Bertz CT molecular complexity index is 745. The van der Waals surface area contributed by atoms with Crippen LogP contribution in [-0.4, -0.2) is 57.6 Å². The second kappa shape index (κ2) is 14.6. The molecule has 0 bridgehead atoms. The molecule has 0 aliphatic carbocycles. The summed E-state index contributed by atoms with van der Waals surface area (Å²) in [5.41, 5.74) is 1.88. The zero-order valence-electron chi connectivity index (χ0n) is 17.0. The fourth-order valence-electron chi connectivity index (χ4n) is 3.58. The molecule has 3 N–H and O–H groups in total. The molecule has 5 nitrogen and oxygen atoms in total. The van der Waals surface area contributed by atoms with Gasteiger partial charge >= 0.3 is 35.5 Å². The Hall–Kier alpha value is -1.30. The maximum atomic E-state index is 12.2. The standard InChI is InChI=1S/C23H34N2O3.Na.H/c1-2-3-4-5-6-7-8-9-10-15-22(26)25-21(23(27)28)16-18-17-24-20-14-12-11-13-19(18)20;;/h11-14,17,21,24H,2-10,15-16H2,1H3,(H,25,26)(H,27,28);;. The first-order valence-electron chi connectivity index (χ1n) is 10.7. The number of carbonyl (C=O) groups is 2. The van der Waals surface area contributed by atoms with Crippen LogP contribution < -0.4 is 5.32 Å². The number of benzene rings is 1. The van der Waals surface area contributed by atoms with Crippen molar-refractivity contribution in [2.24, 2.45) is 0 Å². The van der Waals surface area contributed by atoms with Gasteiger partial charge in [0.05, 0.1) is 0 Å². The van der Waals surface area contributed by atoms with E-state index in [-0.39, 0.29) is 41.9 Å². The topological polar surface area (TPSA) is 82.2 Å². The summed E-state index contributed by atoms with van der Waals surface area (Å²) in [6.45, 7) is 2.22. The van der Waals surface area contributed by atoms with Crippen LogP contribution in [0.2, 0.25) is 0 Å². The summed E-state index contributed by atoms with van der Waals surface area (Å²) in [6, 6.07) is 6.88. The number of fused-ring (bicyclic) bond motifs is 1. The minimum absolute atomic E-state index is 0. The molecular weight excluding hydrogens is 375 g/mol. The third-order valence-electron chi connectivity index (χ3n) is 5.24. The monoisotopic (exact) mass is 410 g/mol. The van der Waals surface area contributed by atoms with E-state index in [1.165, 1.54) is 38.5 Å².